The van der Waals surface area contributed by atoms with Crippen molar-refractivity contribution in [3.05, 3.63) is 11.6 Å². The zero-order valence-electron chi connectivity index (χ0n) is 22.8. The van der Waals surface area contributed by atoms with E-state index < -0.39 is 0 Å². The van der Waals surface area contributed by atoms with E-state index in [2.05, 4.69) is 54.5 Å². The van der Waals surface area contributed by atoms with Crippen LogP contribution in [0.15, 0.2) is 11.6 Å². The Morgan fingerprint density at radius 1 is 0.941 bits per heavy atom. The zero-order valence-corrected chi connectivity index (χ0v) is 24.3. The molecule has 0 amide bonds. The van der Waals surface area contributed by atoms with Crippen LogP contribution in [0.2, 0.25) is 0 Å². The largest absolute Gasteiger partial charge is 0.281 e. The first-order valence-electron chi connectivity index (χ1n) is 14.2. The summed E-state index contributed by atoms with van der Waals surface area (Å²) in [5.74, 6) is 1.92. The lowest BCUT2D eigenvalue weighted by molar-refractivity contribution is -0.179. The minimum absolute atomic E-state index is 0.0853. The van der Waals surface area contributed by atoms with Crippen LogP contribution in [-0.2, 0) is 4.79 Å². The molecule has 0 bridgehead atoms. The maximum absolute atomic E-state index is 12.7. The summed E-state index contributed by atoms with van der Waals surface area (Å²) in [5.41, 5.74) is 2.81. The molecule has 4 saturated carbocycles. The minimum atomic E-state index is -0.324. The van der Waals surface area contributed by atoms with Crippen molar-refractivity contribution in [2.75, 3.05) is 0 Å². The summed E-state index contributed by atoms with van der Waals surface area (Å²) in [6.07, 6.45) is 15.5. The van der Waals surface area contributed by atoms with Crippen LogP contribution in [0.4, 0.5) is 0 Å². The number of alkyl halides is 1. The summed E-state index contributed by atoms with van der Waals surface area (Å²) in [6, 6.07) is 0. The first-order valence-corrected chi connectivity index (χ1v) is 15.1. The summed E-state index contributed by atoms with van der Waals surface area (Å²) < 4.78 is 0. The third-order valence-corrected chi connectivity index (χ3v) is 14.9. The second-order valence-corrected chi connectivity index (χ2v) is 15.8. The van der Waals surface area contributed by atoms with Gasteiger partial charge in [-0.2, -0.15) is 0 Å². The Kier molecular flexibility index (Phi) is 5.84. The van der Waals surface area contributed by atoms with Crippen LogP contribution in [0.25, 0.3) is 0 Å². The van der Waals surface area contributed by atoms with Gasteiger partial charge in [0.15, 0.2) is 0 Å². The monoisotopic (exact) mass is 506 g/mol. The second-order valence-electron chi connectivity index (χ2n) is 14.9. The van der Waals surface area contributed by atoms with E-state index in [1.807, 2.05) is 0 Å². The van der Waals surface area contributed by atoms with Crippen LogP contribution >= 0.6 is 23.2 Å². The van der Waals surface area contributed by atoms with Crippen LogP contribution in [-0.4, -0.2) is 10.6 Å². The van der Waals surface area contributed by atoms with E-state index in [1.165, 1.54) is 38.5 Å². The molecule has 1 nitrogen and oxygen atoms in total. The molecule has 0 radical (unpaired) electrons. The van der Waals surface area contributed by atoms with Gasteiger partial charge >= 0.3 is 0 Å². The van der Waals surface area contributed by atoms with Gasteiger partial charge in [-0.25, -0.2) is 0 Å². The number of hydrogen-bond acceptors (Lipinski definition) is 1. The number of hydrogen-bond donors (Lipinski definition) is 0. The molecular formula is C31H48Cl2O. The van der Waals surface area contributed by atoms with Crippen LogP contribution in [0.5, 0.6) is 0 Å². The fourth-order valence-electron chi connectivity index (χ4n) is 10.9. The molecule has 34 heavy (non-hydrogen) atoms. The van der Waals surface area contributed by atoms with E-state index in [0.29, 0.717) is 33.5 Å². The Hall–Kier alpha value is -0.0100. The maximum atomic E-state index is 12.7. The minimum Gasteiger partial charge on any atom is -0.281 e. The number of allylic oxidation sites excluding steroid dienone is 2. The molecule has 0 N–H and O–H groups in total. The topological polar surface area (TPSA) is 17.1 Å². The lowest BCUT2D eigenvalue weighted by Gasteiger charge is -2.71. The van der Waals surface area contributed by atoms with Gasteiger partial charge in [-0.15, -0.1) is 11.6 Å². The van der Waals surface area contributed by atoms with Gasteiger partial charge in [0.2, 0.25) is 5.24 Å². The first-order chi connectivity index (χ1) is 15.7. The molecule has 192 valence electrons. The van der Waals surface area contributed by atoms with Crippen molar-refractivity contribution in [3.63, 3.8) is 0 Å². The SMILES string of the molecule is CC[C@]1(C(=O)Cl)CC[C@]2(C)CC[C@@]3(C)C(=CCC4[C@@]5(C)CC[C@H](Cl)C(C)(C)C5CC[C@]43C)[C@@H]2C1. The van der Waals surface area contributed by atoms with Gasteiger partial charge in [-0.1, -0.05) is 60.1 Å². The average Bonchev–Trinajstić information content (AvgIpc) is 2.77. The fourth-order valence-corrected chi connectivity index (χ4v) is 11.4. The molecule has 9 atom stereocenters. The van der Waals surface area contributed by atoms with Gasteiger partial charge in [0.1, 0.15) is 0 Å². The van der Waals surface area contributed by atoms with Crippen LogP contribution < -0.4 is 0 Å². The molecule has 0 aromatic rings. The lowest BCUT2D eigenvalue weighted by atomic mass is 9.33. The molecule has 2 unspecified atom stereocenters. The van der Waals surface area contributed by atoms with Gasteiger partial charge in [0, 0.05) is 10.8 Å². The number of halogens is 2. The fraction of sp³-hybridized carbons (Fsp3) is 0.903. The molecule has 0 aliphatic heterocycles. The lowest BCUT2D eigenvalue weighted by Crippen LogP contribution is -2.64. The molecular weight excluding hydrogens is 459 g/mol. The molecule has 0 heterocycles. The smallest absolute Gasteiger partial charge is 0.227 e. The number of carbonyl (C=O) groups is 1. The van der Waals surface area contributed by atoms with Gasteiger partial charge < -0.3 is 0 Å². The quantitative estimate of drug-likeness (QED) is 0.207. The summed E-state index contributed by atoms with van der Waals surface area (Å²) >= 11 is 13.2. The third-order valence-electron chi connectivity index (χ3n) is 13.7. The van der Waals surface area contributed by atoms with Crippen molar-refractivity contribution in [1.82, 2.24) is 0 Å². The molecule has 0 spiro atoms. The Bertz CT molecular complexity index is 907. The van der Waals surface area contributed by atoms with Crippen LogP contribution in [0.3, 0.4) is 0 Å². The van der Waals surface area contributed by atoms with Gasteiger partial charge in [0.25, 0.3) is 0 Å². The van der Waals surface area contributed by atoms with Gasteiger partial charge in [-0.05, 0) is 127 Å². The molecule has 5 aliphatic carbocycles. The highest BCUT2D eigenvalue weighted by molar-refractivity contribution is 6.64. The zero-order chi connectivity index (χ0) is 24.9. The van der Waals surface area contributed by atoms with Crippen molar-refractivity contribution in [2.45, 2.75) is 124 Å². The average molecular weight is 508 g/mol. The van der Waals surface area contributed by atoms with Gasteiger partial charge in [-0.3, -0.25) is 4.79 Å². The van der Waals surface area contributed by atoms with Gasteiger partial charge in [0.05, 0.1) is 0 Å². The van der Waals surface area contributed by atoms with Crippen molar-refractivity contribution in [1.29, 1.82) is 0 Å². The molecule has 3 heteroatoms. The van der Waals surface area contributed by atoms with E-state index in [-0.39, 0.29) is 21.5 Å². The summed E-state index contributed by atoms with van der Waals surface area (Å²) in [7, 11) is 0. The number of carbonyl (C=O) groups excluding carboxylic acids is 1. The predicted octanol–water partition coefficient (Wildman–Crippen LogP) is 9.55. The van der Waals surface area contributed by atoms with Crippen LogP contribution in [0, 0.1) is 50.2 Å². The van der Waals surface area contributed by atoms with Crippen molar-refractivity contribution in [3.8, 4) is 0 Å². The first kappa shape index (κ1) is 25.6. The van der Waals surface area contributed by atoms with E-state index in [0.717, 1.165) is 38.0 Å². The molecule has 4 fully saturated rings. The normalized spacial score (nSPS) is 54.1. The Morgan fingerprint density at radius 2 is 1.62 bits per heavy atom. The Morgan fingerprint density at radius 3 is 2.26 bits per heavy atom. The number of rotatable bonds is 2. The predicted molar refractivity (Wildman–Crippen MR) is 144 cm³/mol. The summed E-state index contributed by atoms with van der Waals surface area (Å²) in [5, 5.41) is 0.214. The maximum Gasteiger partial charge on any atom is 0.227 e. The van der Waals surface area contributed by atoms with Crippen molar-refractivity contribution in [2.24, 2.45) is 50.2 Å². The van der Waals surface area contributed by atoms with E-state index in [9.17, 15) is 4.79 Å². The molecule has 0 aromatic carbocycles. The highest BCUT2D eigenvalue weighted by Crippen LogP contribution is 2.76. The third kappa shape index (κ3) is 3.07. The molecule has 0 aromatic heterocycles. The highest BCUT2D eigenvalue weighted by atomic mass is 35.5. The summed E-state index contributed by atoms with van der Waals surface area (Å²) in [4.78, 5) is 12.7. The second kappa shape index (κ2) is 7.75. The van der Waals surface area contributed by atoms with Crippen molar-refractivity contribution >= 4 is 28.4 Å². The number of fused-ring (bicyclic) bond motifs is 7. The Labute approximate surface area is 219 Å². The van der Waals surface area contributed by atoms with Crippen molar-refractivity contribution < 1.29 is 4.79 Å². The van der Waals surface area contributed by atoms with E-state index in [4.69, 9.17) is 23.2 Å². The molecule has 5 aliphatic rings. The molecule has 0 saturated heterocycles. The Balaban J connectivity index is 1.57. The molecule has 5 rings (SSSR count). The standard InChI is InChI=1S/C31H48Cl2O/c1-8-31(25(33)34)18-16-27(4)15-17-29(6)20(21(27)19-31)9-10-23-28(5)13-12-24(32)26(2,3)22(28)11-14-30(23,29)7/h9,21-24H,8,10-19H2,1-7H3/t21-,22?,23?,24-,27-,28-,29-,30+,31-/m0/s1. The van der Waals surface area contributed by atoms with Crippen LogP contribution in [0.1, 0.15) is 119 Å². The highest BCUT2D eigenvalue weighted by Gasteiger charge is 2.68. The van der Waals surface area contributed by atoms with E-state index >= 15 is 0 Å². The summed E-state index contributed by atoms with van der Waals surface area (Å²) in [6.45, 7) is 17.5. The van der Waals surface area contributed by atoms with E-state index in [1.54, 1.807) is 5.57 Å².